The summed E-state index contributed by atoms with van der Waals surface area (Å²) in [5.41, 5.74) is 5.55. The van der Waals surface area contributed by atoms with E-state index in [1.165, 1.54) is 19.3 Å². The third-order valence-electron chi connectivity index (χ3n) is 4.68. The van der Waals surface area contributed by atoms with E-state index in [0.29, 0.717) is 12.5 Å². The predicted octanol–water partition coefficient (Wildman–Crippen LogP) is 1.67. The van der Waals surface area contributed by atoms with Gasteiger partial charge < -0.3 is 10.8 Å². The quantitative estimate of drug-likeness (QED) is 0.684. The largest absolute Gasteiger partial charge is 0.389 e. The Balaban J connectivity index is 2.23. The molecule has 0 aromatic heterocycles. The molecule has 76 valence electrons. The molecule has 0 aliphatic heterocycles. The lowest BCUT2D eigenvalue weighted by molar-refractivity contribution is -0.150. The molecular weight excluding hydrogens is 162 g/mol. The Morgan fingerprint density at radius 1 is 1.31 bits per heavy atom. The molecular formula is C11H21NO. The third-order valence-corrected chi connectivity index (χ3v) is 4.68. The lowest BCUT2D eigenvalue weighted by Gasteiger charge is -2.53. The molecule has 0 bridgehead atoms. The van der Waals surface area contributed by atoms with Gasteiger partial charge in [-0.05, 0) is 31.6 Å². The fraction of sp³-hybridized carbons (Fsp3) is 1.00. The molecule has 2 fully saturated rings. The third kappa shape index (κ3) is 1.08. The van der Waals surface area contributed by atoms with Crippen LogP contribution in [0.25, 0.3) is 0 Å². The summed E-state index contributed by atoms with van der Waals surface area (Å²) >= 11 is 0. The molecule has 0 aromatic carbocycles. The van der Waals surface area contributed by atoms with Crippen LogP contribution in [0.3, 0.4) is 0 Å². The van der Waals surface area contributed by atoms with Crippen LogP contribution >= 0.6 is 0 Å². The lowest BCUT2D eigenvalue weighted by atomic mass is 9.57. The standard InChI is InChI=1S/C11H21NO/c1-9-4-2-5-10(9,8-12)11(13)6-3-7-11/h9,13H,2-8,12H2,1H3. The molecule has 0 radical (unpaired) electrons. The Labute approximate surface area is 80.5 Å². The summed E-state index contributed by atoms with van der Waals surface area (Å²) in [5, 5.41) is 10.5. The zero-order chi connectivity index (χ0) is 9.53. The predicted molar refractivity (Wildman–Crippen MR) is 53.3 cm³/mol. The van der Waals surface area contributed by atoms with Gasteiger partial charge in [-0.1, -0.05) is 19.8 Å². The number of aliphatic hydroxyl groups is 1. The first-order valence-corrected chi connectivity index (χ1v) is 5.57. The van der Waals surface area contributed by atoms with Gasteiger partial charge in [0.2, 0.25) is 0 Å². The van der Waals surface area contributed by atoms with Crippen molar-refractivity contribution in [3.63, 3.8) is 0 Å². The van der Waals surface area contributed by atoms with Crippen molar-refractivity contribution in [1.29, 1.82) is 0 Å². The molecule has 0 heterocycles. The fourth-order valence-electron chi connectivity index (χ4n) is 3.44. The maximum Gasteiger partial charge on any atom is 0.0718 e. The van der Waals surface area contributed by atoms with Gasteiger partial charge in [0.05, 0.1) is 5.60 Å². The second-order valence-corrected chi connectivity index (χ2v) is 5.04. The normalized spacial score (nSPS) is 43.2. The molecule has 2 rings (SSSR count). The molecule has 2 aliphatic carbocycles. The summed E-state index contributed by atoms with van der Waals surface area (Å²) in [6.45, 7) is 2.93. The highest BCUT2D eigenvalue weighted by Crippen LogP contribution is 2.56. The monoisotopic (exact) mass is 183 g/mol. The summed E-state index contributed by atoms with van der Waals surface area (Å²) in [6.07, 6.45) is 6.79. The zero-order valence-corrected chi connectivity index (χ0v) is 8.55. The molecule has 0 amide bonds. The molecule has 3 N–H and O–H groups in total. The second-order valence-electron chi connectivity index (χ2n) is 5.04. The van der Waals surface area contributed by atoms with Crippen LogP contribution in [0.4, 0.5) is 0 Å². The van der Waals surface area contributed by atoms with Crippen LogP contribution in [0.15, 0.2) is 0 Å². The van der Waals surface area contributed by atoms with Crippen LogP contribution in [0.1, 0.15) is 45.4 Å². The van der Waals surface area contributed by atoms with E-state index in [2.05, 4.69) is 6.92 Å². The van der Waals surface area contributed by atoms with Crippen molar-refractivity contribution in [1.82, 2.24) is 0 Å². The molecule has 0 aromatic rings. The smallest absolute Gasteiger partial charge is 0.0718 e. The molecule has 2 unspecified atom stereocenters. The fourth-order valence-corrected chi connectivity index (χ4v) is 3.44. The minimum absolute atomic E-state index is 0.0608. The average Bonchev–Trinajstić information content (AvgIpc) is 2.44. The van der Waals surface area contributed by atoms with E-state index >= 15 is 0 Å². The Hall–Kier alpha value is -0.0800. The first-order valence-electron chi connectivity index (χ1n) is 5.57. The highest BCUT2D eigenvalue weighted by Gasteiger charge is 2.56. The SMILES string of the molecule is CC1CCCC1(CN)C1(O)CCC1. The van der Waals surface area contributed by atoms with Crippen molar-refractivity contribution in [2.24, 2.45) is 17.1 Å². The topological polar surface area (TPSA) is 46.2 Å². The van der Waals surface area contributed by atoms with Crippen molar-refractivity contribution >= 4 is 0 Å². The Morgan fingerprint density at radius 3 is 2.31 bits per heavy atom. The first kappa shape index (κ1) is 9.47. The molecule has 2 atom stereocenters. The lowest BCUT2D eigenvalue weighted by Crippen LogP contribution is -2.58. The first-order chi connectivity index (χ1) is 6.15. The van der Waals surface area contributed by atoms with Crippen molar-refractivity contribution in [3.8, 4) is 0 Å². The van der Waals surface area contributed by atoms with Crippen molar-refractivity contribution in [2.45, 2.75) is 51.0 Å². The van der Waals surface area contributed by atoms with E-state index in [1.54, 1.807) is 0 Å². The summed E-state index contributed by atoms with van der Waals surface area (Å²) in [4.78, 5) is 0. The average molecular weight is 183 g/mol. The summed E-state index contributed by atoms with van der Waals surface area (Å²) in [7, 11) is 0. The van der Waals surface area contributed by atoms with Crippen LogP contribution in [0.5, 0.6) is 0 Å². The van der Waals surface area contributed by atoms with Gasteiger partial charge in [0, 0.05) is 12.0 Å². The molecule has 13 heavy (non-hydrogen) atoms. The van der Waals surface area contributed by atoms with Gasteiger partial charge in [-0.3, -0.25) is 0 Å². The molecule has 2 aliphatic rings. The highest BCUT2D eigenvalue weighted by molar-refractivity contribution is 5.08. The van der Waals surface area contributed by atoms with Crippen LogP contribution in [0, 0.1) is 11.3 Å². The number of rotatable bonds is 2. The molecule has 2 nitrogen and oxygen atoms in total. The van der Waals surface area contributed by atoms with Gasteiger partial charge >= 0.3 is 0 Å². The van der Waals surface area contributed by atoms with Gasteiger partial charge in [0.15, 0.2) is 0 Å². The number of nitrogens with two attached hydrogens (primary N) is 1. The van der Waals surface area contributed by atoms with Crippen LogP contribution < -0.4 is 5.73 Å². The number of hydrogen-bond acceptors (Lipinski definition) is 2. The maximum atomic E-state index is 10.5. The van der Waals surface area contributed by atoms with Crippen LogP contribution in [-0.2, 0) is 0 Å². The van der Waals surface area contributed by atoms with Crippen molar-refractivity contribution in [3.05, 3.63) is 0 Å². The van der Waals surface area contributed by atoms with Crippen molar-refractivity contribution < 1.29 is 5.11 Å². The van der Waals surface area contributed by atoms with E-state index < -0.39 is 5.60 Å². The summed E-state index contributed by atoms with van der Waals surface area (Å²) < 4.78 is 0. The van der Waals surface area contributed by atoms with E-state index in [4.69, 9.17) is 5.73 Å². The summed E-state index contributed by atoms with van der Waals surface area (Å²) in [6, 6.07) is 0. The van der Waals surface area contributed by atoms with E-state index in [0.717, 1.165) is 19.3 Å². The second kappa shape index (κ2) is 2.96. The Morgan fingerprint density at radius 2 is 2.00 bits per heavy atom. The van der Waals surface area contributed by atoms with Crippen LogP contribution in [0.2, 0.25) is 0 Å². The van der Waals surface area contributed by atoms with Gasteiger partial charge in [-0.25, -0.2) is 0 Å². The van der Waals surface area contributed by atoms with E-state index in [-0.39, 0.29) is 5.41 Å². The minimum Gasteiger partial charge on any atom is -0.389 e. The van der Waals surface area contributed by atoms with E-state index in [9.17, 15) is 5.11 Å². The minimum atomic E-state index is -0.405. The maximum absolute atomic E-state index is 10.5. The highest BCUT2D eigenvalue weighted by atomic mass is 16.3. The molecule has 0 saturated heterocycles. The number of hydrogen-bond donors (Lipinski definition) is 2. The zero-order valence-electron chi connectivity index (χ0n) is 8.55. The Bertz CT molecular complexity index is 200. The van der Waals surface area contributed by atoms with Gasteiger partial charge in [0.1, 0.15) is 0 Å². The molecule has 2 saturated carbocycles. The van der Waals surface area contributed by atoms with Gasteiger partial charge in [0.25, 0.3) is 0 Å². The van der Waals surface area contributed by atoms with Crippen LogP contribution in [-0.4, -0.2) is 17.3 Å². The van der Waals surface area contributed by atoms with Gasteiger partial charge in [-0.15, -0.1) is 0 Å². The van der Waals surface area contributed by atoms with E-state index in [1.807, 2.05) is 0 Å². The van der Waals surface area contributed by atoms with Crippen molar-refractivity contribution in [2.75, 3.05) is 6.54 Å². The summed E-state index contributed by atoms with van der Waals surface area (Å²) in [5.74, 6) is 0.614. The molecule has 2 heteroatoms. The Kier molecular flexibility index (Phi) is 2.16. The van der Waals surface area contributed by atoms with Gasteiger partial charge in [-0.2, -0.15) is 0 Å². The molecule has 0 spiro atoms.